The van der Waals surface area contributed by atoms with Crippen molar-refractivity contribution in [1.29, 1.82) is 0 Å². The largest absolute Gasteiger partial charge is 0.298 e. The Labute approximate surface area is 99.4 Å². The fourth-order valence-corrected chi connectivity index (χ4v) is 2.03. The standard InChI is InChI=1S/C13H16N2O2/c1-9(2)7-15-13(17)11-5-4-10(8-16)6-12(11)14(15)3/h4-6,8-9H,7H2,1-3H3. The van der Waals surface area contributed by atoms with Crippen LogP contribution in [0.15, 0.2) is 23.0 Å². The third kappa shape index (κ3) is 1.90. The number of hydrogen-bond acceptors (Lipinski definition) is 2. The number of aromatic nitrogens is 2. The second-order valence-corrected chi connectivity index (χ2v) is 4.70. The van der Waals surface area contributed by atoms with Gasteiger partial charge in [0.05, 0.1) is 10.9 Å². The van der Waals surface area contributed by atoms with E-state index in [-0.39, 0.29) is 5.56 Å². The van der Waals surface area contributed by atoms with Crippen LogP contribution in [-0.4, -0.2) is 15.6 Å². The highest BCUT2D eigenvalue weighted by atomic mass is 16.1. The molecule has 0 N–H and O–H groups in total. The molecule has 4 nitrogen and oxygen atoms in total. The van der Waals surface area contributed by atoms with E-state index in [1.807, 2.05) is 11.7 Å². The van der Waals surface area contributed by atoms with Crippen LogP contribution >= 0.6 is 0 Å². The normalized spacial score (nSPS) is 11.3. The number of aldehydes is 1. The molecule has 0 bridgehead atoms. The number of benzene rings is 1. The molecule has 0 aliphatic rings. The Balaban J connectivity index is 2.71. The van der Waals surface area contributed by atoms with Gasteiger partial charge in [0.1, 0.15) is 6.29 Å². The minimum Gasteiger partial charge on any atom is -0.298 e. The van der Waals surface area contributed by atoms with E-state index in [4.69, 9.17) is 0 Å². The first-order chi connectivity index (χ1) is 8.04. The average molecular weight is 232 g/mol. The molecule has 0 saturated heterocycles. The van der Waals surface area contributed by atoms with Gasteiger partial charge in [-0.15, -0.1) is 0 Å². The van der Waals surface area contributed by atoms with Gasteiger partial charge in [-0.25, -0.2) is 4.68 Å². The molecular weight excluding hydrogens is 216 g/mol. The maximum atomic E-state index is 12.1. The van der Waals surface area contributed by atoms with Gasteiger partial charge >= 0.3 is 0 Å². The summed E-state index contributed by atoms with van der Waals surface area (Å²) >= 11 is 0. The van der Waals surface area contributed by atoms with Crippen molar-refractivity contribution in [2.24, 2.45) is 13.0 Å². The van der Waals surface area contributed by atoms with E-state index >= 15 is 0 Å². The molecule has 2 aromatic rings. The van der Waals surface area contributed by atoms with E-state index in [9.17, 15) is 9.59 Å². The number of rotatable bonds is 3. The van der Waals surface area contributed by atoms with E-state index in [1.165, 1.54) is 0 Å². The first-order valence-electron chi connectivity index (χ1n) is 5.69. The monoisotopic (exact) mass is 232 g/mol. The van der Waals surface area contributed by atoms with E-state index in [2.05, 4.69) is 13.8 Å². The average Bonchev–Trinajstić information content (AvgIpc) is 2.53. The molecule has 1 aromatic carbocycles. The topological polar surface area (TPSA) is 44.0 Å². The van der Waals surface area contributed by atoms with Gasteiger partial charge in [0.15, 0.2) is 0 Å². The van der Waals surface area contributed by atoms with E-state index in [1.54, 1.807) is 22.9 Å². The van der Waals surface area contributed by atoms with Crippen molar-refractivity contribution < 1.29 is 4.79 Å². The maximum absolute atomic E-state index is 12.1. The molecule has 1 heterocycles. The van der Waals surface area contributed by atoms with Crippen LogP contribution < -0.4 is 5.56 Å². The van der Waals surface area contributed by atoms with Gasteiger partial charge in [-0.05, 0) is 18.1 Å². The van der Waals surface area contributed by atoms with Gasteiger partial charge in [0, 0.05) is 19.2 Å². The molecule has 17 heavy (non-hydrogen) atoms. The fourth-order valence-electron chi connectivity index (χ4n) is 2.03. The molecule has 4 heteroatoms. The maximum Gasteiger partial charge on any atom is 0.274 e. The summed E-state index contributed by atoms with van der Waals surface area (Å²) < 4.78 is 3.54. The molecule has 2 rings (SSSR count). The Bertz CT molecular complexity index is 620. The smallest absolute Gasteiger partial charge is 0.274 e. The summed E-state index contributed by atoms with van der Waals surface area (Å²) in [6, 6.07) is 5.15. The number of aryl methyl sites for hydroxylation is 1. The predicted molar refractivity (Wildman–Crippen MR) is 67.4 cm³/mol. The van der Waals surface area contributed by atoms with Crippen molar-refractivity contribution >= 4 is 17.2 Å². The number of nitrogens with zero attached hydrogens (tertiary/aromatic N) is 2. The van der Waals surface area contributed by atoms with Crippen molar-refractivity contribution in [2.75, 3.05) is 0 Å². The Morgan fingerprint density at radius 2 is 2.06 bits per heavy atom. The van der Waals surface area contributed by atoms with Crippen molar-refractivity contribution in [2.45, 2.75) is 20.4 Å². The zero-order chi connectivity index (χ0) is 12.6. The molecule has 0 fully saturated rings. The van der Waals surface area contributed by atoms with E-state index < -0.39 is 0 Å². The summed E-state index contributed by atoms with van der Waals surface area (Å²) in [4.78, 5) is 22.9. The lowest BCUT2D eigenvalue weighted by Gasteiger charge is -2.09. The number of carbonyl (C=O) groups excluding carboxylic acids is 1. The van der Waals surface area contributed by atoms with Crippen LogP contribution in [0, 0.1) is 5.92 Å². The van der Waals surface area contributed by atoms with Crippen molar-refractivity contribution in [1.82, 2.24) is 9.36 Å². The Morgan fingerprint density at radius 1 is 1.35 bits per heavy atom. The van der Waals surface area contributed by atoms with E-state index in [0.29, 0.717) is 23.4 Å². The van der Waals surface area contributed by atoms with Crippen LogP contribution in [0.5, 0.6) is 0 Å². The summed E-state index contributed by atoms with van der Waals surface area (Å²) in [6.07, 6.45) is 0.795. The molecule has 0 amide bonds. The third-order valence-electron chi connectivity index (χ3n) is 2.87. The molecular formula is C13H16N2O2. The van der Waals surface area contributed by atoms with Crippen LogP contribution in [0.2, 0.25) is 0 Å². The summed E-state index contributed by atoms with van der Waals surface area (Å²) in [6.45, 7) is 4.82. The van der Waals surface area contributed by atoms with Gasteiger partial charge in [0.2, 0.25) is 0 Å². The summed E-state index contributed by atoms with van der Waals surface area (Å²) in [5.41, 5.74) is 1.41. The quantitative estimate of drug-likeness (QED) is 0.757. The Hall–Kier alpha value is -1.84. The minimum absolute atomic E-state index is 0.00801. The Kier molecular flexibility index (Phi) is 2.88. The third-order valence-corrected chi connectivity index (χ3v) is 2.87. The van der Waals surface area contributed by atoms with Gasteiger partial charge in [-0.3, -0.25) is 14.3 Å². The molecule has 0 aliphatic heterocycles. The molecule has 0 spiro atoms. The second-order valence-electron chi connectivity index (χ2n) is 4.70. The molecule has 0 aliphatic carbocycles. The molecule has 0 radical (unpaired) electrons. The highest BCUT2D eigenvalue weighted by Crippen LogP contribution is 2.13. The van der Waals surface area contributed by atoms with Gasteiger partial charge in [0.25, 0.3) is 5.56 Å². The SMILES string of the molecule is CC(C)Cn1c(=O)c2ccc(C=O)cc2n1C. The highest BCUT2D eigenvalue weighted by Gasteiger charge is 2.11. The number of fused-ring (bicyclic) bond motifs is 1. The second kappa shape index (κ2) is 4.20. The summed E-state index contributed by atoms with van der Waals surface area (Å²) in [5.74, 6) is 0.404. The Morgan fingerprint density at radius 3 is 2.65 bits per heavy atom. The lowest BCUT2D eigenvalue weighted by atomic mass is 10.2. The molecule has 0 unspecified atom stereocenters. The molecule has 0 saturated carbocycles. The first-order valence-corrected chi connectivity index (χ1v) is 5.69. The molecule has 90 valence electrons. The zero-order valence-corrected chi connectivity index (χ0v) is 10.3. The lowest BCUT2D eigenvalue weighted by molar-refractivity contribution is 0.112. The summed E-state index contributed by atoms with van der Waals surface area (Å²) in [5, 5.41) is 0.666. The minimum atomic E-state index is 0.00801. The van der Waals surface area contributed by atoms with Crippen molar-refractivity contribution in [3.8, 4) is 0 Å². The lowest BCUT2D eigenvalue weighted by Crippen LogP contribution is -2.23. The van der Waals surface area contributed by atoms with Gasteiger partial charge < -0.3 is 0 Å². The zero-order valence-electron chi connectivity index (χ0n) is 10.3. The van der Waals surface area contributed by atoms with Crippen LogP contribution in [0.3, 0.4) is 0 Å². The summed E-state index contributed by atoms with van der Waals surface area (Å²) in [7, 11) is 1.85. The van der Waals surface area contributed by atoms with Gasteiger partial charge in [-0.1, -0.05) is 19.9 Å². The van der Waals surface area contributed by atoms with Crippen molar-refractivity contribution in [3.63, 3.8) is 0 Å². The van der Waals surface area contributed by atoms with E-state index in [0.717, 1.165) is 11.8 Å². The number of hydrogen-bond donors (Lipinski definition) is 0. The fraction of sp³-hybridized carbons (Fsp3) is 0.385. The predicted octanol–water partition coefficient (Wildman–Crippen LogP) is 1.81. The van der Waals surface area contributed by atoms with Crippen LogP contribution in [0.25, 0.3) is 10.9 Å². The van der Waals surface area contributed by atoms with Crippen LogP contribution in [0.4, 0.5) is 0 Å². The first kappa shape index (κ1) is 11.6. The van der Waals surface area contributed by atoms with Crippen LogP contribution in [-0.2, 0) is 13.6 Å². The van der Waals surface area contributed by atoms with Crippen molar-refractivity contribution in [3.05, 3.63) is 34.1 Å². The molecule has 1 aromatic heterocycles. The van der Waals surface area contributed by atoms with Crippen LogP contribution in [0.1, 0.15) is 24.2 Å². The highest BCUT2D eigenvalue weighted by molar-refractivity contribution is 5.86. The van der Waals surface area contributed by atoms with Gasteiger partial charge in [-0.2, -0.15) is 0 Å². The number of carbonyl (C=O) groups is 1. The molecule has 0 atom stereocenters.